The van der Waals surface area contributed by atoms with Crippen molar-refractivity contribution in [3.8, 4) is 5.75 Å². The lowest BCUT2D eigenvalue weighted by molar-refractivity contribution is -0.102. The average Bonchev–Trinajstić information content (AvgIpc) is 2.14. The van der Waals surface area contributed by atoms with Crippen LogP contribution in [0.25, 0.3) is 0 Å². The Balaban J connectivity index is 3.09. The smallest absolute Gasteiger partial charge is 0.229 e. The molecule has 1 rings (SSSR count). The summed E-state index contributed by atoms with van der Waals surface area (Å²) >= 11 is 0. The van der Waals surface area contributed by atoms with Gasteiger partial charge in [-0.1, -0.05) is 0 Å². The number of rotatable bonds is 4. The van der Waals surface area contributed by atoms with Gasteiger partial charge in [-0.15, -0.1) is 0 Å². The van der Waals surface area contributed by atoms with Crippen molar-refractivity contribution in [1.82, 2.24) is 0 Å². The molecule has 0 aliphatic rings. The topological polar surface area (TPSA) is 107 Å². The van der Waals surface area contributed by atoms with Crippen LogP contribution in [0.3, 0.4) is 0 Å². The molecule has 7 heteroatoms. The molecule has 0 aliphatic carbocycles. The van der Waals surface area contributed by atoms with Crippen LogP contribution in [0.15, 0.2) is 18.2 Å². The van der Waals surface area contributed by atoms with E-state index < -0.39 is 10.0 Å². The first-order valence-corrected chi connectivity index (χ1v) is 6.07. The van der Waals surface area contributed by atoms with Crippen molar-refractivity contribution >= 4 is 27.7 Å². The number of phenols is 1. The second-order valence-corrected chi connectivity index (χ2v) is 4.89. The third-order valence-electron chi connectivity index (χ3n) is 1.71. The van der Waals surface area contributed by atoms with E-state index in [0.717, 1.165) is 12.3 Å². The van der Waals surface area contributed by atoms with Crippen LogP contribution in [-0.2, 0) is 14.8 Å². The molecule has 0 aromatic heterocycles. The van der Waals surface area contributed by atoms with E-state index in [-0.39, 0.29) is 22.7 Å². The fourth-order valence-corrected chi connectivity index (χ4v) is 1.66. The number of carbonyl (C=O) groups excluding carboxylic acids is 1. The van der Waals surface area contributed by atoms with Gasteiger partial charge in [-0.25, -0.2) is 8.42 Å². The zero-order valence-corrected chi connectivity index (χ0v) is 9.21. The number of aromatic hydroxyl groups is 1. The van der Waals surface area contributed by atoms with Gasteiger partial charge in [0.2, 0.25) is 10.0 Å². The summed E-state index contributed by atoms with van der Waals surface area (Å²) in [6, 6.07) is 3.78. The predicted octanol–water partition coefficient (Wildman–Crippen LogP) is 0.330. The van der Waals surface area contributed by atoms with Crippen molar-refractivity contribution in [3.05, 3.63) is 23.8 Å². The molecule has 0 radical (unpaired) electrons. The van der Waals surface area contributed by atoms with E-state index in [0.29, 0.717) is 6.29 Å². The van der Waals surface area contributed by atoms with E-state index in [1.54, 1.807) is 0 Å². The zero-order valence-electron chi connectivity index (χ0n) is 8.39. The van der Waals surface area contributed by atoms with Crippen LogP contribution in [0, 0.1) is 5.41 Å². The standard InChI is InChI=1S/C9H10N2O4S/c1-16(14,15)11-6-2-3-7(8(10)5-12)9(13)4-6/h2-5,10-11,13H,1H3. The summed E-state index contributed by atoms with van der Waals surface area (Å²) in [5.41, 5.74) is -0.153. The van der Waals surface area contributed by atoms with Crippen molar-refractivity contribution < 1.29 is 18.3 Å². The van der Waals surface area contributed by atoms with Gasteiger partial charge in [0, 0.05) is 11.6 Å². The number of carbonyl (C=O) groups is 1. The molecule has 86 valence electrons. The van der Waals surface area contributed by atoms with Crippen molar-refractivity contribution in [1.29, 1.82) is 5.41 Å². The Labute approximate surface area is 92.5 Å². The van der Waals surface area contributed by atoms with Crippen LogP contribution in [0.2, 0.25) is 0 Å². The fraction of sp³-hybridized carbons (Fsp3) is 0.111. The number of hydrogen-bond acceptors (Lipinski definition) is 5. The van der Waals surface area contributed by atoms with Crippen LogP contribution in [0.4, 0.5) is 5.69 Å². The second kappa shape index (κ2) is 4.31. The number of benzene rings is 1. The highest BCUT2D eigenvalue weighted by atomic mass is 32.2. The Kier molecular flexibility index (Phi) is 3.28. The van der Waals surface area contributed by atoms with Gasteiger partial charge in [-0.05, 0) is 12.1 Å². The molecular formula is C9H10N2O4S. The van der Waals surface area contributed by atoms with Crippen LogP contribution in [-0.4, -0.2) is 31.8 Å². The number of hydrogen-bond donors (Lipinski definition) is 3. The highest BCUT2D eigenvalue weighted by Crippen LogP contribution is 2.22. The maximum atomic E-state index is 10.9. The van der Waals surface area contributed by atoms with Gasteiger partial charge in [-0.3, -0.25) is 14.9 Å². The van der Waals surface area contributed by atoms with Crippen LogP contribution >= 0.6 is 0 Å². The summed E-state index contributed by atoms with van der Waals surface area (Å²) in [6.45, 7) is 0. The molecule has 0 heterocycles. The molecule has 0 saturated carbocycles. The number of sulfonamides is 1. The quantitative estimate of drug-likeness (QED) is 0.522. The maximum absolute atomic E-state index is 10.9. The van der Waals surface area contributed by atoms with Crippen molar-refractivity contribution in [3.63, 3.8) is 0 Å². The molecule has 0 fully saturated rings. The lowest BCUT2D eigenvalue weighted by Gasteiger charge is -2.06. The van der Waals surface area contributed by atoms with E-state index >= 15 is 0 Å². The van der Waals surface area contributed by atoms with Gasteiger partial charge in [0.25, 0.3) is 0 Å². The predicted molar refractivity (Wildman–Crippen MR) is 59.5 cm³/mol. The summed E-state index contributed by atoms with van der Waals surface area (Å²) in [6.07, 6.45) is 1.27. The lowest BCUT2D eigenvalue weighted by Crippen LogP contribution is -2.10. The van der Waals surface area contributed by atoms with Crippen molar-refractivity contribution in [2.45, 2.75) is 0 Å². The van der Waals surface area contributed by atoms with Gasteiger partial charge in [0.15, 0.2) is 6.29 Å². The molecule has 0 saturated heterocycles. The first-order valence-electron chi connectivity index (χ1n) is 4.18. The molecule has 0 bridgehead atoms. The Hall–Kier alpha value is -1.89. The van der Waals surface area contributed by atoms with E-state index in [2.05, 4.69) is 4.72 Å². The van der Waals surface area contributed by atoms with Crippen LogP contribution < -0.4 is 4.72 Å². The number of aldehydes is 1. The molecule has 0 spiro atoms. The largest absolute Gasteiger partial charge is 0.507 e. The summed E-state index contributed by atoms with van der Waals surface area (Å²) in [5.74, 6) is -0.328. The van der Waals surface area contributed by atoms with Gasteiger partial charge in [0.1, 0.15) is 11.5 Å². The molecular weight excluding hydrogens is 232 g/mol. The minimum atomic E-state index is -3.42. The Bertz CT molecular complexity index is 536. The Morgan fingerprint density at radius 3 is 2.56 bits per heavy atom. The summed E-state index contributed by atoms with van der Waals surface area (Å²) in [4.78, 5) is 10.3. The molecule has 6 nitrogen and oxygen atoms in total. The molecule has 0 atom stereocenters. The maximum Gasteiger partial charge on any atom is 0.229 e. The molecule has 16 heavy (non-hydrogen) atoms. The third-order valence-corrected chi connectivity index (χ3v) is 2.32. The first kappa shape index (κ1) is 12.2. The summed E-state index contributed by atoms with van der Waals surface area (Å²) in [5, 5.41) is 16.7. The van der Waals surface area contributed by atoms with Crippen molar-refractivity contribution in [2.75, 3.05) is 11.0 Å². The molecule has 1 aromatic rings. The molecule has 3 N–H and O–H groups in total. The number of anilines is 1. The molecule has 0 unspecified atom stereocenters. The van der Waals surface area contributed by atoms with Gasteiger partial charge in [0.05, 0.1) is 11.9 Å². The number of phenolic OH excluding ortho intramolecular Hbond substituents is 1. The fourth-order valence-electron chi connectivity index (χ4n) is 1.10. The summed E-state index contributed by atoms with van der Waals surface area (Å²) in [7, 11) is -3.42. The van der Waals surface area contributed by atoms with E-state index in [9.17, 15) is 18.3 Å². The zero-order chi connectivity index (χ0) is 12.3. The first-order chi connectivity index (χ1) is 7.33. The minimum absolute atomic E-state index is 0.0500. The second-order valence-electron chi connectivity index (χ2n) is 3.14. The van der Waals surface area contributed by atoms with E-state index in [4.69, 9.17) is 5.41 Å². The SMILES string of the molecule is CS(=O)(=O)Nc1ccc(C(=N)C=O)c(O)c1. The highest BCUT2D eigenvalue weighted by molar-refractivity contribution is 7.92. The Morgan fingerprint density at radius 2 is 2.12 bits per heavy atom. The average molecular weight is 242 g/mol. The molecule has 0 aliphatic heterocycles. The van der Waals surface area contributed by atoms with Gasteiger partial charge < -0.3 is 5.11 Å². The highest BCUT2D eigenvalue weighted by Gasteiger charge is 2.09. The van der Waals surface area contributed by atoms with E-state index in [1.165, 1.54) is 12.1 Å². The molecule has 1 aromatic carbocycles. The lowest BCUT2D eigenvalue weighted by atomic mass is 10.1. The summed E-state index contributed by atoms with van der Waals surface area (Å²) < 4.78 is 24.0. The monoisotopic (exact) mass is 242 g/mol. The Morgan fingerprint density at radius 1 is 1.50 bits per heavy atom. The normalized spacial score (nSPS) is 10.8. The van der Waals surface area contributed by atoms with Crippen LogP contribution in [0.1, 0.15) is 5.56 Å². The van der Waals surface area contributed by atoms with Crippen LogP contribution in [0.5, 0.6) is 5.75 Å². The number of nitrogens with one attached hydrogen (secondary N) is 2. The van der Waals surface area contributed by atoms with Gasteiger partial charge in [-0.2, -0.15) is 0 Å². The van der Waals surface area contributed by atoms with Crippen molar-refractivity contribution in [2.24, 2.45) is 0 Å². The molecule has 0 amide bonds. The third kappa shape index (κ3) is 3.06. The van der Waals surface area contributed by atoms with Gasteiger partial charge >= 0.3 is 0 Å². The van der Waals surface area contributed by atoms with E-state index in [1.807, 2.05) is 0 Å². The minimum Gasteiger partial charge on any atom is -0.507 e.